The van der Waals surface area contributed by atoms with Gasteiger partial charge in [-0.25, -0.2) is 28.8 Å². The average Bonchev–Trinajstić information content (AvgIpc) is 0.910. The van der Waals surface area contributed by atoms with Crippen LogP contribution in [0.15, 0.2) is 261 Å². The number of Topliss-reactive ketones (excluding diaryl/α,β-unsaturated/α-hetero) is 1. The highest BCUT2D eigenvalue weighted by molar-refractivity contribution is 5.93. The number of amides is 1. The fourth-order valence-corrected chi connectivity index (χ4v) is 15.3. The van der Waals surface area contributed by atoms with Gasteiger partial charge in [-0.1, -0.05) is 209 Å². The van der Waals surface area contributed by atoms with Crippen molar-refractivity contribution < 1.29 is 105 Å². The highest BCUT2D eigenvalue weighted by Gasteiger charge is 2.57. The summed E-state index contributed by atoms with van der Waals surface area (Å²) in [6.07, 6.45) is -5.91. The number of aliphatic hydroxyl groups excluding tert-OH is 1. The number of β-amino-alcohol motifs (C(OH)–C–C–N with tert-alkyl or cyclic N) is 1. The lowest BCUT2D eigenvalue weighted by molar-refractivity contribution is -0.350. The largest absolute Gasteiger partial charge is 0.497 e. The Morgan fingerprint density at radius 3 is 1.18 bits per heavy atom. The number of methoxy groups -OCH3 is 2. The van der Waals surface area contributed by atoms with Crippen LogP contribution in [0.4, 0.5) is 0 Å². The van der Waals surface area contributed by atoms with Crippen LogP contribution >= 0.6 is 0 Å². The third-order valence-corrected chi connectivity index (χ3v) is 21.7. The molecule has 0 aliphatic carbocycles. The van der Waals surface area contributed by atoms with Crippen molar-refractivity contribution in [1.82, 2.24) is 4.90 Å². The number of aliphatic hydroxyl groups is 1. The van der Waals surface area contributed by atoms with Crippen LogP contribution < -0.4 is 9.47 Å². The van der Waals surface area contributed by atoms with E-state index < -0.39 is 122 Å². The molecule has 3 aliphatic heterocycles. The Bertz CT molecular complexity index is 4670. The monoisotopic (exact) mass is 1630 g/mol. The molecule has 0 aromatic heterocycles. The molecule has 1 amide bonds. The Labute approximate surface area is 699 Å². The molecule has 120 heavy (non-hydrogen) atoms. The van der Waals surface area contributed by atoms with Gasteiger partial charge in [0.15, 0.2) is 30.9 Å². The van der Waals surface area contributed by atoms with Crippen LogP contribution in [0.3, 0.4) is 0 Å². The first-order valence-electron chi connectivity index (χ1n) is 41.1. The van der Waals surface area contributed by atoms with Crippen molar-refractivity contribution in [3.63, 3.8) is 0 Å². The predicted molar refractivity (Wildman–Crippen MR) is 443 cm³/mol. The maximum Gasteiger partial charge on any atom is 0.338 e. The molecule has 3 aliphatic rings. The Kier molecular flexibility index (Phi) is 32.4. The Morgan fingerprint density at radius 2 is 0.742 bits per heavy atom. The number of ether oxygens (including phenoxy) is 13. The summed E-state index contributed by atoms with van der Waals surface area (Å²) in [5.41, 5.74) is 2.25. The van der Waals surface area contributed by atoms with Gasteiger partial charge >= 0.3 is 35.8 Å². The molecule has 0 saturated carbocycles. The van der Waals surface area contributed by atoms with E-state index >= 15 is 0 Å². The number of carbonyl (C=O) groups is 8. The zero-order chi connectivity index (χ0) is 84.0. The maximum atomic E-state index is 14.7. The summed E-state index contributed by atoms with van der Waals surface area (Å²) >= 11 is 0. The van der Waals surface area contributed by atoms with Gasteiger partial charge < -0.3 is 71.6 Å². The van der Waals surface area contributed by atoms with E-state index in [0.29, 0.717) is 50.0 Å². The van der Waals surface area contributed by atoms with E-state index in [1.165, 1.54) is 48.5 Å². The molecule has 9 aromatic rings. The Morgan fingerprint density at radius 1 is 0.383 bits per heavy atom. The second-order valence-corrected chi connectivity index (χ2v) is 30.0. The minimum absolute atomic E-state index is 0.0420. The van der Waals surface area contributed by atoms with Crippen molar-refractivity contribution in [2.24, 2.45) is 5.92 Å². The van der Waals surface area contributed by atoms with Gasteiger partial charge in [-0.3, -0.25) is 9.59 Å². The topological polar surface area (TPSA) is 280 Å². The van der Waals surface area contributed by atoms with Crippen LogP contribution in [0.1, 0.15) is 176 Å². The Balaban J connectivity index is 0.680. The normalized spacial score (nSPS) is 20.8. The second-order valence-electron chi connectivity index (χ2n) is 30.0. The molecule has 23 heteroatoms. The summed E-state index contributed by atoms with van der Waals surface area (Å²) in [7, 11) is 3.25. The number of rotatable bonds is 41. The van der Waals surface area contributed by atoms with E-state index in [1.54, 1.807) is 160 Å². The fraction of sp³-hybridized carbons (Fsp3) is 0.361. The fourth-order valence-electron chi connectivity index (χ4n) is 15.3. The van der Waals surface area contributed by atoms with Crippen molar-refractivity contribution >= 4 is 47.5 Å². The summed E-state index contributed by atoms with van der Waals surface area (Å²) < 4.78 is 83.2. The lowest BCUT2D eigenvalue weighted by Gasteiger charge is -2.48. The summed E-state index contributed by atoms with van der Waals surface area (Å²) in [6, 6.07) is 73.4. The number of hydrogen-bond donors (Lipinski definition) is 1. The number of nitrogens with zero attached hydrogens (tertiary/aromatic N) is 1. The molecular formula is C97H103NO22. The molecule has 12 atom stereocenters. The molecule has 23 nitrogen and oxygen atoms in total. The SMILES string of the molecule is COc1ccc(C(OC[C@@H]2C[C@@H](O)CN2C(=O)CCCCCCC(=O)CCCCCCCCOC2OC(COC(=O)c3ccccc3)C(OC3OC(COC(=O)c4ccccc4)C(OC(=O)c4ccccc4)C(OC(=O)c4ccccc4)C3OC(=O)c3ccccc3)C(OC(=O)c3ccccc3)C2C)(c2ccccc2)c2ccc(OC)cc2)cc1. The van der Waals surface area contributed by atoms with Crippen LogP contribution in [-0.2, 0) is 67.3 Å². The molecule has 0 spiro atoms. The number of unbranched alkanes of at least 4 members (excludes halogenated alkanes) is 8. The van der Waals surface area contributed by atoms with Crippen molar-refractivity contribution in [2.45, 2.75) is 170 Å². The van der Waals surface area contributed by atoms with Crippen LogP contribution in [0, 0.1) is 5.92 Å². The van der Waals surface area contributed by atoms with E-state index in [4.69, 9.17) is 61.6 Å². The first-order chi connectivity index (χ1) is 58.6. The lowest BCUT2D eigenvalue weighted by atomic mass is 9.80. The molecule has 9 aromatic carbocycles. The molecule has 0 bridgehead atoms. The average molecular weight is 1630 g/mol. The number of ketones is 1. The highest BCUT2D eigenvalue weighted by Crippen LogP contribution is 2.44. The lowest BCUT2D eigenvalue weighted by Crippen LogP contribution is -2.66. The zero-order valence-electron chi connectivity index (χ0n) is 67.7. The molecule has 3 saturated heterocycles. The molecular weight excluding hydrogens is 1530 g/mol. The summed E-state index contributed by atoms with van der Waals surface area (Å²) in [5, 5.41) is 11.0. The molecule has 10 unspecified atom stereocenters. The van der Waals surface area contributed by atoms with Crippen molar-refractivity contribution in [1.29, 1.82) is 0 Å². The van der Waals surface area contributed by atoms with Gasteiger partial charge in [-0.05, 0) is 146 Å². The van der Waals surface area contributed by atoms with Gasteiger partial charge in [0.1, 0.15) is 60.5 Å². The molecule has 12 rings (SSSR count). The smallest absolute Gasteiger partial charge is 0.338 e. The minimum Gasteiger partial charge on any atom is -0.497 e. The zero-order valence-corrected chi connectivity index (χ0v) is 67.7. The van der Waals surface area contributed by atoms with Crippen LogP contribution in [0.2, 0.25) is 0 Å². The number of hydrogen-bond acceptors (Lipinski definition) is 22. The van der Waals surface area contributed by atoms with Crippen molar-refractivity contribution in [2.75, 3.05) is 47.2 Å². The number of likely N-dealkylation sites (tertiary alicyclic amines) is 1. The quantitative estimate of drug-likeness (QED) is 0.0161. The third-order valence-electron chi connectivity index (χ3n) is 21.7. The highest BCUT2D eigenvalue weighted by atomic mass is 16.8. The van der Waals surface area contributed by atoms with Gasteiger partial charge in [0, 0.05) is 38.3 Å². The van der Waals surface area contributed by atoms with Gasteiger partial charge in [0.25, 0.3) is 0 Å². The second kappa shape index (κ2) is 44.4. The van der Waals surface area contributed by atoms with E-state index in [-0.39, 0.29) is 70.9 Å². The van der Waals surface area contributed by atoms with Crippen LogP contribution in [0.5, 0.6) is 11.5 Å². The molecule has 628 valence electrons. The van der Waals surface area contributed by atoms with Crippen LogP contribution in [-0.4, -0.2) is 172 Å². The third kappa shape index (κ3) is 23.6. The maximum absolute atomic E-state index is 14.7. The summed E-state index contributed by atoms with van der Waals surface area (Å²) in [6.45, 7) is 1.05. The van der Waals surface area contributed by atoms with Gasteiger partial charge in [0.2, 0.25) is 5.91 Å². The molecule has 1 N–H and O–H groups in total. The summed E-state index contributed by atoms with van der Waals surface area (Å²) in [5.74, 6) is -4.49. The Hall–Kier alpha value is -11.7. The predicted octanol–water partition coefficient (Wildman–Crippen LogP) is 15.7. The molecule has 3 fully saturated rings. The van der Waals surface area contributed by atoms with E-state index in [1.807, 2.05) is 78.9 Å². The van der Waals surface area contributed by atoms with Crippen LogP contribution in [0.25, 0.3) is 0 Å². The van der Waals surface area contributed by atoms with E-state index in [2.05, 4.69) is 0 Å². The first-order valence-corrected chi connectivity index (χ1v) is 41.1. The van der Waals surface area contributed by atoms with Gasteiger partial charge in [0.05, 0.1) is 66.4 Å². The molecule has 3 heterocycles. The minimum atomic E-state index is -1.92. The number of benzene rings is 9. The summed E-state index contributed by atoms with van der Waals surface area (Å²) in [4.78, 5) is 115. The standard InChI is InChI=1S/C97H103NO22/c1-66-84(116-91(104)69-39-21-12-22-40-69)85(120-96-88(119-94(107)72-45-27-15-28-46-72)87(118-93(106)71-43-25-14-26-44-71)86(117-92(105)70-41-23-13-24-42-70)82(115-96)65-112-90(103)68-37-19-11-20-38-68)81(64-111-89(102)67-35-17-10-18-36-67)114-95(66)110-60-34-9-5-4-6-31-49-77(99)50-32-7-8-33-51-83(101)98-62-78(100)61-76(98)63-113-97(73-47-29-16-30-48-73,74-52-56-79(108-2)57-53-74)75-54-58-80(109-3)59-55-75/h10-30,35-48,52-59,66,76,78,81-82,84-88,95-96,100H,4-9,31-34,49-51,60-65H2,1-3H3/t66?,76-,78+,81?,82?,84?,85?,86?,87?,88?,95?,96?/m0/s1. The van der Waals surface area contributed by atoms with E-state index in [0.717, 1.165) is 68.1 Å². The number of esters is 6. The van der Waals surface area contributed by atoms with Gasteiger partial charge in [-0.15, -0.1) is 0 Å². The number of carbonyl (C=O) groups excluding carboxylic acids is 8. The van der Waals surface area contributed by atoms with Crippen molar-refractivity contribution in [3.8, 4) is 11.5 Å². The van der Waals surface area contributed by atoms with Crippen molar-refractivity contribution in [3.05, 3.63) is 311 Å². The van der Waals surface area contributed by atoms with E-state index in [9.17, 15) is 43.5 Å². The molecule has 0 radical (unpaired) electrons. The first kappa shape index (κ1) is 87.6. The van der Waals surface area contributed by atoms with Gasteiger partial charge in [-0.2, -0.15) is 0 Å².